The lowest BCUT2D eigenvalue weighted by atomic mass is 10.1. The van der Waals surface area contributed by atoms with Crippen molar-refractivity contribution in [2.24, 2.45) is 0 Å². The third kappa shape index (κ3) is 10.3. The number of benzene rings is 2. The number of nitrogens with zero attached hydrogens (tertiary/aromatic N) is 2. The Balaban J connectivity index is 0.00000456. The average molecular weight is 524 g/mol. The summed E-state index contributed by atoms with van der Waals surface area (Å²) in [6.07, 6.45) is 8.05. The van der Waals surface area contributed by atoms with Crippen molar-refractivity contribution in [3.63, 3.8) is 0 Å². The van der Waals surface area contributed by atoms with Crippen LogP contribution >= 0.6 is 12.4 Å². The third-order valence-electron chi connectivity index (χ3n) is 6.11. The van der Waals surface area contributed by atoms with Crippen molar-refractivity contribution < 1.29 is 17.7 Å². The van der Waals surface area contributed by atoms with Crippen molar-refractivity contribution in [3.05, 3.63) is 71.1 Å². The summed E-state index contributed by atoms with van der Waals surface area (Å²) in [5.41, 5.74) is 2.15. The van der Waals surface area contributed by atoms with E-state index in [4.69, 9.17) is 4.52 Å². The van der Waals surface area contributed by atoms with Crippen LogP contribution in [0.1, 0.15) is 87.3 Å². The number of unbranched alkanes of at least 4 members (excludes halogenated alkanes) is 8. The molecule has 2 aromatic carbocycles. The van der Waals surface area contributed by atoms with Crippen LogP contribution in [-0.2, 0) is 25.7 Å². The van der Waals surface area contributed by atoms with Crippen LogP contribution in [0.15, 0.2) is 53.1 Å². The molecule has 3 aromatic rings. The molecular weight excluding hydrogens is 487 g/mol. The predicted octanol–water partition coefficient (Wildman–Crippen LogP) is 8.54. The highest BCUT2D eigenvalue weighted by Gasteiger charge is 2.29. The minimum Gasteiger partial charge on any atom is -0.339 e. The van der Waals surface area contributed by atoms with Gasteiger partial charge >= 0.3 is 6.18 Å². The van der Waals surface area contributed by atoms with E-state index in [1.807, 2.05) is 24.3 Å². The Hall–Kier alpha value is -2.38. The summed E-state index contributed by atoms with van der Waals surface area (Å²) < 4.78 is 43.4. The summed E-state index contributed by atoms with van der Waals surface area (Å²) in [5.74, 6) is 1.28. The van der Waals surface area contributed by atoms with E-state index in [-0.39, 0.29) is 12.4 Å². The number of aryl methyl sites for hydroxylation is 1. The van der Waals surface area contributed by atoms with E-state index in [0.717, 1.165) is 41.7 Å². The fourth-order valence-electron chi connectivity index (χ4n) is 3.99. The van der Waals surface area contributed by atoms with Gasteiger partial charge in [-0.25, -0.2) is 0 Å². The number of hydrogen-bond donors (Lipinski definition) is 1. The maximum atomic E-state index is 12.7. The van der Waals surface area contributed by atoms with Gasteiger partial charge < -0.3 is 9.84 Å². The Morgan fingerprint density at radius 1 is 0.750 bits per heavy atom. The molecule has 4 nitrogen and oxygen atoms in total. The monoisotopic (exact) mass is 523 g/mol. The molecule has 36 heavy (non-hydrogen) atoms. The molecule has 0 aliphatic rings. The van der Waals surface area contributed by atoms with E-state index < -0.39 is 11.7 Å². The number of nitrogens with one attached hydrogen (secondary N) is 1. The predicted molar refractivity (Wildman–Crippen MR) is 140 cm³/mol. The Labute approximate surface area is 218 Å². The standard InChI is InChI=1S/C28H36F3N3O.ClH/c1-2-3-4-5-6-7-8-9-10-11-26-33-27(34-35-26)24-16-12-22(13-17-24)20-32-21-23-14-18-25(19-15-23)28(29,30)31;/h12-19,32H,2-11,20-21H2,1H3;1H. The average Bonchev–Trinajstić information content (AvgIpc) is 3.32. The van der Waals surface area contributed by atoms with Gasteiger partial charge in [0.05, 0.1) is 5.56 Å². The maximum Gasteiger partial charge on any atom is 0.416 e. The minimum absolute atomic E-state index is 0. The quantitative estimate of drug-likeness (QED) is 0.203. The second-order valence-corrected chi connectivity index (χ2v) is 9.09. The first-order valence-corrected chi connectivity index (χ1v) is 12.7. The maximum absolute atomic E-state index is 12.7. The molecule has 0 bridgehead atoms. The molecule has 0 spiro atoms. The van der Waals surface area contributed by atoms with Crippen molar-refractivity contribution >= 4 is 12.4 Å². The van der Waals surface area contributed by atoms with Crippen molar-refractivity contribution in [2.45, 2.75) is 90.4 Å². The fourth-order valence-corrected chi connectivity index (χ4v) is 3.99. The number of alkyl halides is 3. The van der Waals surface area contributed by atoms with E-state index in [0.29, 0.717) is 24.8 Å². The van der Waals surface area contributed by atoms with Gasteiger partial charge in [0.1, 0.15) is 0 Å². The zero-order valence-electron chi connectivity index (χ0n) is 20.9. The number of aromatic nitrogens is 2. The van der Waals surface area contributed by atoms with E-state index >= 15 is 0 Å². The molecule has 1 aromatic heterocycles. The van der Waals surface area contributed by atoms with Crippen LogP contribution in [-0.4, -0.2) is 10.1 Å². The van der Waals surface area contributed by atoms with Gasteiger partial charge in [-0.3, -0.25) is 0 Å². The number of halogens is 4. The molecule has 0 amide bonds. The minimum atomic E-state index is -4.31. The second-order valence-electron chi connectivity index (χ2n) is 9.09. The van der Waals surface area contributed by atoms with Gasteiger partial charge in [-0.05, 0) is 29.7 Å². The van der Waals surface area contributed by atoms with Gasteiger partial charge in [-0.15, -0.1) is 12.4 Å². The molecule has 0 saturated heterocycles. The van der Waals surface area contributed by atoms with Crippen molar-refractivity contribution in [3.8, 4) is 11.4 Å². The molecule has 0 atom stereocenters. The SMILES string of the molecule is CCCCCCCCCCCc1nc(-c2ccc(CNCc3ccc(C(F)(F)F)cc3)cc2)no1.Cl. The molecule has 0 unspecified atom stereocenters. The first-order chi connectivity index (χ1) is 17.0. The summed E-state index contributed by atoms with van der Waals surface area (Å²) >= 11 is 0. The summed E-state index contributed by atoms with van der Waals surface area (Å²) in [7, 11) is 0. The molecule has 1 N–H and O–H groups in total. The fraction of sp³-hybridized carbons (Fsp3) is 0.500. The topological polar surface area (TPSA) is 51.0 Å². The Morgan fingerprint density at radius 2 is 1.28 bits per heavy atom. The van der Waals surface area contributed by atoms with Gasteiger partial charge in [0.25, 0.3) is 0 Å². The molecule has 0 fully saturated rings. The van der Waals surface area contributed by atoms with Gasteiger partial charge in [0, 0.05) is 25.1 Å². The first-order valence-electron chi connectivity index (χ1n) is 12.7. The Kier molecular flexibility index (Phi) is 13.0. The van der Waals surface area contributed by atoms with E-state index in [1.54, 1.807) is 0 Å². The largest absolute Gasteiger partial charge is 0.416 e. The van der Waals surface area contributed by atoms with Crippen LogP contribution in [0.25, 0.3) is 11.4 Å². The zero-order chi connectivity index (χ0) is 24.9. The summed E-state index contributed by atoms with van der Waals surface area (Å²) in [5, 5.41) is 7.38. The molecule has 198 valence electrons. The highest BCUT2D eigenvalue weighted by molar-refractivity contribution is 5.85. The smallest absolute Gasteiger partial charge is 0.339 e. The summed E-state index contributed by atoms with van der Waals surface area (Å²) in [6, 6.07) is 13.1. The van der Waals surface area contributed by atoms with Gasteiger partial charge in [0.2, 0.25) is 11.7 Å². The molecule has 0 radical (unpaired) electrons. The number of hydrogen-bond acceptors (Lipinski definition) is 4. The van der Waals surface area contributed by atoms with Gasteiger partial charge in [-0.2, -0.15) is 18.2 Å². The Bertz CT molecular complexity index is 989. The lowest BCUT2D eigenvalue weighted by molar-refractivity contribution is -0.137. The van der Waals surface area contributed by atoms with Crippen molar-refractivity contribution in [1.82, 2.24) is 15.5 Å². The zero-order valence-corrected chi connectivity index (χ0v) is 21.8. The lowest BCUT2D eigenvalue weighted by Gasteiger charge is -2.09. The molecule has 0 aliphatic carbocycles. The van der Waals surface area contributed by atoms with Gasteiger partial charge in [0.15, 0.2) is 0 Å². The van der Waals surface area contributed by atoms with Crippen LogP contribution in [0.3, 0.4) is 0 Å². The third-order valence-corrected chi connectivity index (χ3v) is 6.11. The van der Waals surface area contributed by atoms with Crippen LogP contribution in [0.2, 0.25) is 0 Å². The number of rotatable bonds is 15. The molecule has 8 heteroatoms. The van der Waals surface area contributed by atoms with Crippen LogP contribution in [0, 0.1) is 0 Å². The van der Waals surface area contributed by atoms with E-state index in [1.165, 1.54) is 63.5 Å². The van der Waals surface area contributed by atoms with Gasteiger partial charge in [-0.1, -0.05) is 99.8 Å². The van der Waals surface area contributed by atoms with Crippen LogP contribution in [0.4, 0.5) is 13.2 Å². The van der Waals surface area contributed by atoms with E-state index in [2.05, 4.69) is 22.4 Å². The normalized spacial score (nSPS) is 11.4. The lowest BCUT2D eigenvalue weighted by Crippen LogP contribution is -2.13. The molecule has 3 rings (SSSR count). The van der Waals surface area contributed by atoms with Crippen molar-refractivity contribution in [2.75, 3.05) is 0 Å². The first kappa shape index (κ1) is 29.8. The van der Waals surface area contributed by atoms with E-state index in [9.17, 15) is 13.2 Å². The summed E-state index contributed by atoms with van der Waals surface area (Å²) in [6.45, 7) is 3.35. The summed E-state index contributed by atoms with van der Waals surface area (Å²) in [4.78, 5) is 4.53. The molecule has 0 aliphatic heterocycles. The molecule has 0 saturated carbocycles. The second kappa shape index (κ2) is 15.7. The Morgan fingerprint density at radius 3 is 1.83 bits per heavy atom. The highest BCUT2D eigenvalue weighted by atomic mass is 35.5. The van der Waals surface area contributed by atoms with Crippen LogP contribution in [0.5, 0.6) is 0 Å². The molecular formula is C28H37ClF3N3O. The van der Waals surface area contributed by atoms with Crippen molar-refractivity contribution in [1.29, 1.82) is 0 Å². The highest BCUT2D eigenvalue weighted by Crippen LogP contribution is 2.29. The molecule has 1 heterocycles. The van der Waals surface area contributed by atoms with Crippen LogP contribution < -0.4 is 5.32 Å².